The van der Waals surface area contributed by atoms with E-state index in [0.717, 1.165) is 20.9 Å². The van der Waals surface area contributed by atoms with Gasteiger partial charge in [0, 0.05) is 26.5 Å². The number of hydrogen-bond donors (Lipinski definition) is 2. The summed E-state index contributed by atoms with van der Waals surface area (Å²) in [5, 5.41) is 2.99. The topological polar surface area (TPSA) is 37.0 Å². The minimum absolute atomic E-state index is 0.233. The smallest absolute Gasteiger partial charge is 0.202 e. The van der Waals surface area contributed by atoms with Crippen molar-refractivity contribution in [2.24, 2.45) is 16.7 Å². The molecule has 4 rings (SSSR count). The second-order valence-corrected chi connectivity index (χ2v) is 9.35. The molecule has 0 aliphatic heterocycles. The van der Waals surface area contributed by atoms with Gasteiger partial charge in [-0.2, -0.15) is 0 Å². The molecule has 1 fully saturated rings. The Hall–Kier alpha value is -1.33. The second-order valence-electron chi connectivity index (χ2n) is 7.57. The van der Waals surface area contributed by atoms with E-state index in [-0.39, 0.29) is 5.41 Å². The van der Waals surface area contributed by atoms with E-state index >= 15 is 0 Å². The van der Waals surface area contributed by atoms with Gasteiger partial charge in [-0.05, 0) is 36.3 Å². The summed E-state index contributed by atoms with van der Waals surface area (Å²) in [4.78, 5) is 4.69. The molecule has 3 nitrogen and oxygen atoms in total. The SMILES string of the molecule is CC1(C)[C@H]2C=C(NNc3nc(-c4ccc(Br)cc4)cs3)[C@]1(C)CC2. The average molecular weight is 404 g/mol. The lowest BCUT2D eigenvalue weighted by Gasteiger charge is -2.37. The van der Waals surface area contributed by atoms with Crippen LogP contribution in [-0.2, 0) is 0 Å². The predicted octanol–water partition coefficient (Wildman–Crippen LogP) is 5.83. The molecule has 0 unspecified atom stereocenters. The van der Waals surface area contributed by atoms with Gasteiger partial charge < -0.3 is 5.43 Å². The van der Waals surface area contributed by atoms with Crippen molar-refractivity contribution in [3.8, 4) is 11.3 Å². The van der Waals surface area contributed by atoms with E-state index in [1.54, 1.807) is 11.3 Å². The van der Waals surface area contributed by atoms with Crippen molar-refractivity contribution in [3.05, 3.63) is 45.9 Å². The molecular weight excluding hydrogens is 382 g/mol. The van der Waals surface area contributed by atoms with Crippen molar-refractivity contribution in [3.63, 3.8) is 0 Å². The minimum atomic E-state index is 0.233. The number of thiazole rings is 1. The summed E-state index contributed by atoms with van der Waals surface area (Å²) in [6.07, 6.45) is 4.98. The maximum Gasteiger partial charge on any atom is 0.202 e. The van der Waals surface area contributed by atoms with Crippen LogP contribution in [0.2, 0.25) is 0 Å². The molecule has 24 heavy (non-hydrogen) atoms. The van der Waals surface area contributed by atoms with E-state index in [2.05, 4.69) is 71.1 Å². The summed E-state index contributed by atoms with van der Waals surface area (Å²) >= 11 is 5.10. The van der Waals surface area contributed by atoms with E-state index < -0.39 is 0 Å². The third-order valence-electron chi connectivity index (χ3n) is 6.22. The van der Waals surface area contributed by atoms with Gasteiger partial charge in [-0.3, -0.25) is 5.43 Å². The van der Waals surface area contributed by atoms with Crippen LogP contribution in [0, 0.1) is 16.7 Å². The molecule has 2 N–H and O–H groups in total. The number of aromatic nitrogens is 1. The van der Waals surface area contributed by atoms with E-state index in [1.165, 1.54) is 18.5 Å². The molecule has 0 radical (unpaired) electrons. The van der Waals surface area contributed by atoms with Crippen molar-refractivity contribution in [2.45, 2.75) is 33.6 Å². The Morgan fingerprint density at radius 1 is 1.17 bits per heavy atom. The maximum atomic E-state index is 4.69. The number of nitrogens with one attached hydrogen (secondary N) is 2. The monoisotopic (exact) mass is 403 g/mol. The van der Waals surface area contributed by atoms with Crippen molar-refractivity contribution in [2.75, 3.05) is 5.43 Å². The molecule has 2 aromatic rings. The molecule has 0 spiro atoms. The average Bonchev–Trinajstić information content (AvgIpc) is 3.16. The summed E-state index contributed by atoms with van der Waals surface area (Å²) < 4.78 is 1.08. The Labute approximate surface area is 155 Å². The number of anilines is 1. The molecule has 2 atom stereocenters. The fraction of sp³-hybridized carbons (Fsp3) is 0.421. The highest BCUT2D eigenvalue weighted by atomic mass is 79.9. The Kier molecular flexibility index (Phi) is 3.77. The summed E-state index contributed by atoms with van der Waals surface area (Å²) in [6, 6.07) is 8.25. The third-order valence-corrected chi connectivity index (χ3v) is 7.50. The van der Waals surface area contributed by atoms with Gasteiger partial charge in [-0.1, -0.05) is 54.9 Å². The van der Waals surface area contributed by atoms with Crippen LogP contribution < -0.4 is 10.9 Å². The summed E-state index contributed by atoms with van der Waals surface area (Å²) in [6.45, 7) is 7.17. The van der Waals surface area contributed by atoms with Gasteiger partial charge in [-0.15, -0.1) is 11.3 Å². The quantitative estimate of drug-likeness (QED) is 0.630. The molecule has 1 aromatic heterocycles. The van der Waals surface area contributed by atoms with Crippen LogP contribution in [0.25, 0.3) is 11.3 Å². The molecule has 1 aromatic carbocycles. The number of hydrogen-bond acceptors (Lipinski definition) is 4. The molecule has 5 heteroatoms. The Bertz CT molecular complexity index is 793. The third kappa shape index (κ3) is 2.40. The number of hydrazine groups is 1. The first-order valence-corrected chi connectivity index (χ1v) is 10.0. The zero-order valence-electron chi connectivity index (χ0n) is 14.2. The highest BCUT2D eigenvalue weighted by Crippen LogP contribution is 2.64. The first kappa shape index (κ1) is 16.2. The lowest BCUT2D eigenvalue weighted by Crippen LogP contribution is -2.37. The maximum absolute atomic E-state index is 4.69. The molecule has 126 valence electrons. The highest BCUT2D eigenvalue weighted by Gasteiger charge is 2.57. The van der Waals surface area contributed by atoms with Crippen LogP contribution in [0.4, 0.5) is 5.13 Å². The summed E-state index contributed by atoms with van der Waals surface area (Å²) in [5.74, 6) is 0.682. The molecule has 2 aliphatic carbocycles. The van der Waals surface area contributed by atoms with E-state index in [1.807, 2.05) is 12.1 Å². The molecule has 1 saturated carbocycles. The number of nitrogens with zero attached hydrogens (tertiary/aromatic N) is 1. The molecule has 1 heterocycles. The van der Waals surface area contributed by atoms with Gasteiger partial charge in [0.25, 0.3) is 0 Å². The van der Waals surface area contributed by atoms with Crippen LogP contribution >= 0.6 is 27.3 Å². The fourth-order valence-corrected chi connectivity index (χ4v) is 5.02. The normalized spacial score (nSPS) is 27.2. The lowest BCUT2D eigenvalue weighted by atomic mass is 9.69. The van der Waals surface area contributed by atoms with Crippen molar-refractivity contribution >= 4 is 32.4 Å². The van der Waals surface area contributed by atoms with Crippen molar-refractivity contribution < 1.29 is 0 Å². The van der Waals surface area contributed by atoms with Crippen LogP contribution in [0.1, 0.15) is 33.6 Å². The highest BCUT2D eigenvalue weighted by molar-refractivity contribution is 9.10. The van der Waals surface area contributed by atoms with Gasteiger partial charge in [0.05, 0.1) is 5.69 Å². The number of benzene rings is 1. The van der Waals surface area contributed by atoms with Gasteiger partial charge >= 0.3 is 0 Å². The Balaban J connectivity index is 1.46. The predicted molar refractivity (Wildman–Crippen MR) is 105 cm³/mol. The number of rotatable bonds is 4. The van der Waals surface area contributed by atoms with Crippen LogP contribution in [0.15, 0.2) is 45.9 Å². The van der Waals surface area contributed by atoms with Gasteiger partial charge in [0.1, 0.15) is 0 Å². The van der Waals surface area contributed by atoms with Gasteiger partial charge in [-0.25, -0.2) is 4.98 Å². The van der Waals surface area contributed by atoms with Crippen LogP contribution in [0.3, 0.4) is 0 Å². The molecular formula is C19H22BrN3S. The molecule has 2 bridgehead atoms. The molecule has 0 amide bonds. The Morgan fingerprint density at radius 3 is 2.54 bits per heavy atom. The molecule has 2 aliphatic rings. The van der Waals surface area contributed by atoms with E-state index in [0.29, 0.717) is 11.3 Å². The van der Waals surface area contributed by atoms with Crippen molar-refractivity contribution in [1.29, 1.82) is 0 Å². The van der Waals surface area contributed by atoms with E-state index in [9.17, 15) is 0 Å². The summed E-state index contributed by atoms with van der Waals surface area (Å²) in [7, 11) is 0. The number of allylic oxidation sites excluding steroid dienone is 2. The number of fused-ring (bicyclic) bond motifs is 2. The van der Waals surface area contributed by atoms with Crippen LogP contribution in [-0.4, -0.2) is 4.98 Å². The fourth-order valence-electron chi connectivity index (χ4n) is 4.08. The molecule has 0 saturated heterocycles. The van der Waals surface area contributed by atoms with Crippen molar-refractivity contribution in [1.82, 2.24) is 10.4 Å². The Morgan fingerprint density at radius 2 is 1.92 bits per heavy atom. The second kappa shape index (κ2) is 5.60. The van der Waals surface area contributed by atoms with Crippen LogP contribution in [0.5, 0.6) is 0 Å². The first-order valence-electron chi connectivity index (χ1n) is 8.36. The minimum Gasteiger partial charge on any atom is -0.303 e. The lowest BCUT2D eigenvalue weighted by molar-refractivity contribution is 0.165. The van der Waals surface area contributed by atoms with Gasteiger partial charge in [0.2, 0.25) is 5.13 Å². The zero-order valence-corrected chi connectivity index (χ0v) is 16.6. The zero-order chi connectivity index (χ0) is 16.9. The largest absolute Gasteiger partial charge is 0.303 e. The van der Waals surface area contributed by atoms with E-state index in [4.69, 9.17) is 4.98 Å². The number of halogens is 1. The first-order chi connectivity index (χ1) is 11.4. The summed E-state index contributed by atoms with van der Waals surface area (Å²) in [5.41, 5.74) is 10.8. The van der Waals surface area contributed by atoms with Gasteiger partial charge in [0.15, 0.2) is 0 Å². The standard InChI is InChI=1S/C19H22BrN3S/c1-18(2)13-8-9-19(18,3)16(10-13)22-23-17-21-15(11-24-17)12-4-6-14(20)7-5-12/h4-7,10-11,13,22H,8-9H2,1-3H3,(H,21,23)/t13-,19+/m1/s1.